The first kappa shape index (κ1) is 18.6. The molecular formula is C28H24N4+2. The molecule has 0 aliphatic carbocycles. The van der Waals surface area contributed by atoms with Crippen molar-refractivity contribution in [3.63, 3.8) is 0 Å². The van der Waals surface area contributed by atoms with Crippen LogP contribution in [0.1, 0.15) is 0 Å². The Kier molecular flexibility index (Phi) is 4.18. The summed E-state index contributed by atoms with van der Waals surface area (Å²) in [7, 11) is 4.20. The molecule has 154 valence electrons. The van der Waals surface area contributed by atoms with Crippen LogP contribution < -0.4 is 9.13 Å². The Hall–Kier alpha value is -4.18. The number of rotatable bonds is 3. The fourth-order valence-corrected chi connectivity index (χ4v) is 4.73. The highest BCUT2D eigenvalue weighted by Gasteiger charge is 2.22. The lowest BCUT2D eigenvalue weighted by Gasteiger charge is -2.10. The van der Waals surface area contributed by atoms with Gasteiger partial charge in [0.1, 0.15) is 11.4 Å². The topological polar surface area (TPSA) is 17.6 Å². The molecule has 0 radical (unpaired) electrons. The largest absolute Gasteiger partial charge is 0.249 e. The molecule has 6 aromatic rings. The average Bonchev–Trinajstić information content (AvgIpc) is 3.36. The SMILES string of the molecule is C[n+]1cn(-c2ccccc2-c2ccccc2-n2c[n+](C)c3ccccc32)c2ccccc21. The number of benzene rings is 4. The van der Waals surface area contributed by atoms with E-state index in [1.165, 1.54) is 33.2 Å². The quantitative estimate of drug-likeness (QED) is 0.366. The highest BCUT2D eigenvalue weighted by atomic mass is 15.1. The minimum absolute atomic E-state index is 1.16. The van der Waals surface area contributed by atoms with Crippen LogP contribution in [-0.4, -0.2) is 9.13 Å². The van der Waals surface area contributed by atoms with Crippen LogP contribution in [0.2, 0.25) is 0 Å². The van der Waals surface area contributed by atoms with Crippen molar-refractivity contribution in [1.82, 2.24) is 9.13 Å². The highest BCUT2D eigenvalue weighted by molar-refractivity contribution is 5.85. The standard InChI is InChI=1S/C28H24N4/c1-29-19-31(27-17-9-7-15-25(27)29)23-13-5-3-11-21(23)22-12-4-6-14-24(22)32-20-30(2)26-16-8-10-18-28(26)32/h3-20H,1-2H3/q+2. The first-order chi connectivity index (χ1) is 15.7. The summed E-state index contributed by atoms with van der Waals surface area (Å²) in [6, 6.07) is 34.4. The van der Waals surface area contributed by atoms with Gasteiger partial charge in [-0.15, -0.1) is 0 Å². The number of imidazole rings is 2. The molecule has 2 aromatic heterocycles. The van der Waals surface area contributed by atoms with E-state index in [1.54, 1.807) is 0 Å². The Morgan fingerprint density at radius 3 is 1.31 bits per heavy atom. The van der Waals surface area contributed by atoms with E-state index in [4.69, 9.17) is 0 Å². The molecular weight excluding hydrogens is 392 g/mol. The van der Waals surface area contributed by atoms with Gasteiger partial charge in [-0.25, -0.2) is 9.13 Å². The summed E-state index contributed by atoms with van der Waals surface area (Å²) in [4.78, 5) is 0. The predicted octanol–water partition coefficient (Wildman–Crippen LogP) is 4.89. The molecule has 0 atom stereocenters. The minimum atomic E-state index is 1.16. The molecule has 0 bridgehead atoms. The maximum atomic E-state index is 2.29. The van der Waals surface area contributed by atoms with E-state index in [9.17, 15) is 0 Å². The maximum Gasteiger partial charge on any atom is 0.249 e. The molecule has 0 aliphatic rings. The van der Waals surface area contributed by atoms with Crippen molar-refractivity contribution >= 4 is 22.1 Å². The van der Waals surface area contributed by atoms with Gasteiger partial charge in [-0.1, -0.05) is 48.5 Å². The monoisotopic (exact) mass is 416 g/mol. The molecule has 6 rings (SSSR count). The summed E-state index contributed by atoms with van der Waals surface area (Å²) in [5.41, 5.74) is 9.53. The number of aromatic nitrogens is 4. The van der Waals surface area contributed by atoms with Gasteiger partial charge in [-0.05, 0) is 48.5 Å². The second-order valence-electron chi connectivity index (χ2n) is 8.20. The lowest BCUT2D eigenvalue weighted by Crippen LogP contribution is -2.25. The first-order valence-corrected chi connectivity index (χ1v) is 10.8. The molecule has 0 saturated carbocycles. The van der Waals surface area contributed by atoms with E-state index in [1.807, 2.05) is 0 Å². The van der Waals surface area contributed by atoms with Crippen LogP contribution in [-0.2, 0) is 14.1 Å². The number of aryl methyl sites for hydroxylation is 2. The van der Waals surface area contributed by atoms with E-state index in [-0.39, 0.29) is 0 Å². The third-order valence-corrected chi connectivity index (χ3v) is 6.24. The van der Waals surface area contributed by atoms with Crippen molar-refractivity contribution in [1.29, 1.82) is 0 Å². The van der Waals surface area contributed by atoms with Crippen molar-refractivity contribution in [3.05, 3.63) is 110 Å². The van der Waals surface area contributed by atoms with E-state index in [2.05, 4.69) is 142 Å². The Morgan fingerprint density at radius 1 is 0.469 bits per heavy atom. The Balaban J connectivity index is 1.63. The number of hydrogen-bond donors (Lipinski definition) is 0. The van der Waals surface area contributed by atoms with Gasteiger partial charge in [0.25, 0.3) is 0 Å². The van der Waals surface area contributed by atoms with Crippen molar-refractivity contribution < 1.29 is 9.13 Å². The van der Waals surface area contributed by atoms with Crippen molar-refractivity contribution in [3.8, 4) is 22.5 Å². The highest BCUT2D eigenvalue weighted by Crippen LogP contribution is 2.33. The maximum absolute atomic E-state index is 2.29. The van der Waals surface area contributed by atoms with E-state index in [0.29, 0.717) is 0 Å². The molecule has 4 heteroatoms. The van der Waals surface area contributed by atoms with Gasteiger partial charge >= 0.3 is 0 Å². The van der Waals surface area contributed by atoms with E-state index in [0.717, 1.165) is 11.4 Å². The zero-order valence-electron chi connectivity index (χ0n) is 18.2. The molecule has 2 heterocycles. The smallest absolute Gasteiger partial charge is 0.232 e. The molecule has 0 saturated heterocycles. The van der Waals surface area contributed by atoms with E-state index >= 15 is 0 Å². The van der Waals surface area contributed by atoms with Crippen LogP contribution in [0.25, 0.3) is 44.6 Å². The zero-order valence-corrected chi connectivity index (χ0v) is 18.2. The van der Waals surface area contributed by atoms with Crippen molar-refractivity contribution in [2.75, 3.05) is 0 Å². The second kappa shape index (κ2) is 7.20. The summed E-state index contributed by atoms with van der Waals surface area (Å²) < 4.78 is 8.93. The van der Waals surface area contributed by atoms with Crippen LogP contribution in [0.3, 0.4) is 0 Å². The van der Waals surface area contributed by atoms with Crippen molar-refractivity contribution in [2.24, 2.45) is 14.1 Å². The number of para-hydroxylation sites is 6. The minimum Gasteiger partial charge on any atom is -0.232 e. The predicted molar refractivity (Wildman–Crippen MR) is 128 cm³/mol. The summed E-state index contributed by atoms with van der Waals surface area (Å²) in [5, 5.41) is 0. The fraction of sp³-hybridized carbons (Fsp3) is 0.0714. The molecule has 0 spiro atoms. The van der Waals surface area contributed by atoms with Gasteiger partial charge in [0.2, 0.25) is 12.7 Å². The van der Waals surface area contributed by atoms with Crippen LogP contribution >= 0.6 is 0 Å². The molecule has 4 nitrogen and oxygen atoms in total. The third kappa shape index (κ3) is 2.77. The molecule has 0 unspecified atom stereocenters. The molecule has 0 aliphatic heterocycles. The lowest BCUT2D eigenvalue weighted by molar-refractivity contribution is -0.645. The van der Waals surface area contributed by atoms with Crippen LogP contribution in [0, 0.1) is 0 Å². The van der Waals surface area contributed by atoms with Gasteiger partial charge < -0.3 is 0 Å². The summed E-state index contributed by atoms with van der Waals surface area (Å²) >= 11 is 0. The molecule has 32 heavy (non-hydrogen) atoms. The zero-order chi connectivity index (χ0) is 21.7. The number of nitrogens with zero attached hydrogens (tertiary/aromatic N) is 4. The summed E-state index contributed by atoms with van der Waals surface area (Å²) in [6.45, 7) is 0. The van der Waals surface area contributed by atoms with Crippen LogP contribution in [0.5, 0.6) is 0 Å². The molecule has 0 N–H and O–H groups in total. The van der Waals surface area contributed by atoms with Gasteiger partial charge in [0.05, 0.1) is 14.1 Å². The van der Waals surface area contributed by atoms with Crippen molar-refractivity contribution in [2.45, 2.75) is 0 Å². The number of hydrogen-bond acceptors (Lipinski definition) is 0. The summed E-state index contributed by atoms with van der Waals surface area (Å²) in [5.74, 6) is 0. The second-order valence-corrected chi connectivity index (χ2v) is 8.20. The Bertz CT molecular complexity index is 1480. The van der Waals surface area contributed by atoms with Gasteiger partial charge in [-0.3, -0.25) is 0 Å². The summed E-state index contributed by atoms with van der Waals surface area (Å²) in [6.07, 6.45) is 4.33. The Labute approximate surface area is 186 Å². The molecule has 0 amide bonds. The van der Waals surface area contributed by atoms with Gasteiger partial charge in [-0.2, -0.15) is 9.13 Å². The lowest BCUT2D eigenvalue weighted by atomic mass is 10.0. The average molecular weight is 417 g/mol. The molecule has 0 fully saturated rings. The van der Waals surface area contributed by atoms with E-state index < -0.39 is 0 Å². The first-order valence-electron chi connectivity index (χ1n) is 10.8. The molecule has 4 aromatic carbocycles. The van der Waals surface area contributed by atoms with Crippen LogP contribution in [0.15, 0.2) is 110 Å². The fourth-order valence-electron chi connectivity index (χ4n) is 4.73. The van der Waals surface area contributed by atoms with Gasteiger partial charge in [0, 0.05) is 11.1 Å². The third-order valence-electron chi connectivity index (χ3n) is 6.24. The van der Waals surface area contributed by atoms with Gasteiger partial charge in [0.15, 0.2) is 22.1 Å². The number of fused-ring (bicyclic) bond motifs is 2. The normalized spacial score (nSPS) is 11.4. The Morgan fingerprint density at radius 2 is 0.844 bits per heavy atom. The van der Waals surface area contributed by atoms with Crippen LogP contribution in [0.4, 0.5) is 0 Å².